The molecule has 3 aromatic rings. The van der Waals surface area contributed by atoms with E-state index >= 15 is 0 Å². The molecule has 0 bridgehead atoms. The molecule has 0 saturated heterocycles. The zero-order chi connectivity index (χ0) is 23.8. The molecule has 0 fully saturated rings. The third kappa shape index (κ3) is 5.48. The van der Waals surface area contributed by atoms with Gasteiger partial charge in [0.15, 0.2) is 5.57 Å². The van der Waals surface area contributed by atoms with Gasteiger partial charge in [0.2, 0.25) is 0 Å². The number of rotatable bonds is 6. The van der Waals surface area contributed by atoms with Gasteiger partial charge >= 0.3 is 5.97 Å². The highest BCUT2D eigenvalue weighted by Gasteiger charge is 2.12. The molecular weight excluding hydrogens is 440 g/mol. The van der Waals surface area contributed by atoms with Crippen LogP contribution >= 0.6 is 11.6 Å². The lowest BCUT2D eigenvalue weighted by Crippen LogP contribution is -2.05. The molecule has 0 radical (unpaired) electrons. The van der Waals surface area contributed by atoms with Gasteiger partial charge in [0, 0.05) is 22.2 Å². The van der Waals surface area contributed by atoms with Crippen molar-refractivity contribution in [1.29, 1.82) is 15.8 Å². The van der Waals surface area contributed by atoms with Gasteiger partial charge in [0.05, 0.1) is 16.8 Å². The molecule has 3 rings (SSSR count). The number of benzene rings is 2. The van der Waals surface area contributed by atoms with Gasteiger partial charge in [-0.1, -0.05) is 41.9 Å². The minimum absolute atomic E-state index is 0.0618. The molecule has 1 heterocycles. The number of furan rings is 1. The maximum atomic E-state index is 12.3. The van der Waals surface area contributed by atoms with Crippen LogP contribution < -0.4 is 5.73 Å². The van der Waals surface area contributed by atoms with Crippen LogP contribution in [0.4, 0.5) is 0 Å². The van der Waals surface area contributed by atoms with Crippen molar-refractivity contribution in [2.24, 2.45) is 5.73 Å². The number of esters is 1. The van der Waals surface area contributed by atoms with Crippen molar-refractivity contribution >= 4 is 23.6 Å². The number of nitrogens with zero attached hydrogens (tertiary/aromatic N) is 3. The average Bonchev–Trinajstić information content (AvgIpc) is 3.31. The van der Waals surface area contributed by atoms with E-state index in [-0.39, 0.29) is 23.5 Å². The van der Waals surface area contributed by atoms with Gasteiger partial charge in [-0.3, -0.25) is 0 Å². The molecule has 0 unspecified atom stereocenters. The standard InChI is InChI=1S/C25H15ClN4O3/c26-22-4-2-1-3-18(22)15-32-25(31)17-7-5-16(6-8-17)23-10-9-21(33-23)11-19(12-27)24(30)20(13-28)14-29/h1-11H,15,30H2/b19-11+. The zero-order valence-electron chi connectivity index (χ0n) is 17.1. The second-order valence-electron chi connectivity index (χ2n) is 6.63. The lowest BCUT2D eigenvalue weighted by Gasteiger charge is -2.07. The van der Waals surface area contributed by atoms with E-state index < -0.39 is 5.97 Å². The highest BCUT2D eigenvalue weighted by atomic mass is 35.5. The highest BCUT2D eigenvalue weighted by Crippen LogP contribution is 2.25. The number of hydrogen-bond acceptors (Lipinski definition) is 7. The van der Waals surface area contributed by atoms with Crippen LogP contribution in [0.25, 0.3) is 17.4 Å². The van der Waals surface area contributed by atoms with Crippen molar-refractivity contribution in [3.05, 3.63) is 99.4 Å². The van der Waals surface area contributed by atoms with Gasteiger partial charge < -0.3 is 14.9 Å². The summed E-state index contributed by atoms with van der Waals surface area (Å²) in [7, 11) is 0. The summed E-state index contributed by atoms with van der Waals surface area (Å²) in [6.45, 7) is 0.0618. The molecule has 7 nitrogen and oxygen atoms in total. The largest absolute Gasteiger partial charge is 0.457 e. The van der Waals surface area contributed by atoms with E-state index in [4.69, 9.17) is 37.0 Å². The third-order valence-electron chi connectivity index (χ3n) is 4.54. The predicted octanol–water partition coefficient (Wildman–Crippen LogP) is 5.12. The topological polar surface area (TPSA) is 137 Å². The van der Waals surface area contributed by atoms with Crippen LogP contribution in [0.15, 0.2) is 81.9 Å². The van der Waals surface area contributed by atoms with Gasteiger partial charge in [0.1, 0.15) is 36.3 Å². The fraction of sp³-hybridized carbons (Fsp3) is 0.0400. The first kappa shape index (κ1) is 22.9. The fourth-order valence-electron chi connectivity index (χ4n) is 2.79. The minimum Gasteiger partial charge on any atom is -0.457 e. The SMILES string of the molecule is N#CC(C#N)=C(N)/C(C#N)=C/c1ccc(-c2ccc(C(=O)OCc3ccccc3Cl)cc2)o1. The number of allylic oxidation sites excluding steroid dienone is 2. The van der Waals surface area contributed by atoms with Crippen molar-refractivity contribution < 1.29 is 13.9 Å². The van der Waals surface area contributed by atoms with Gasteiger partial charge in [-0.15, -0.1) is 0 Å². The summed E-state index contributed by atoms with van der Waals surface area (Å²) in [6, 6.07) is 22.2. The maximum absolute atomic E-state index is 12.3. The van der Waals surface area contributed by atoms with Crippen LogP contribution in [-0.2, 0) is 11.3 Å². The number of halogens is 1. The number of carbonyl (C=O) groups excluding carboxylic acids is 1. The Kier molecular flexibility index (Phi) is 7.29. The molecule has 1 aromatic heterocycles. The zero-order valence-corrected chi connectivity index (χ0v) is 17.8. The molecule has 0 saturated carbocycles. The van der Waals surface area contributed by atoms with E-state index in [1.807, 2.05) is 12.1 Å². The number of hydrogen-bond donors (Lipinski definition) is 1. The fourth-order valence-corrected chi connectivity index (χ4v) is 2.98. The smallest absolute Gasteiger partial charge is 0.338 e. The monoisotopic (exact) mass is 454 g/mol. The summed E-state index contributed by atoms with van der Waals surface area (Å²) in [5, 5.41) is 27.6. The molecule has 0 spiro atoms. The van der Waals surface area contributed by atoms with Crippen LogP contribution in [-0.4, -0.2) is 5.97 Å². The summed E-state index contributed by atoms with van der Waals surface area (Å²) in [5.41, 5.74) is 6.85. The van der Waals surface area contributed by atoms with E-state index in [0.29, 0.717) is 33.2 Å². The summed E-state index contributed by atoms with van der Waals surface area (Å²) in [6.07, 6.45) is 1.34. The molecule has 33 heavy (non-hydrogen) atoms. The first-order chi connectivity index (χ1) is 16.0. The summed E-state index contributed by atoms with van der Waals surface area (Å²) < 4.78 is 11.0. The van der Waals surface area contributed by atoms with Crippen LogP contribution in [0.3, 0.4) is 0 Å². The van der Waals surface area contributed by atoms with Crippen molar-refractivity contribution in [3.63, 3.8) is 0 Å². The molecule has 0 amide bonds. The second kappa shape index (κ2) is 10.5. The molecule has 0 atom stereocenters. The van der Waals surface area contributed by atoms with Crippen LogP contribution in [0, 0.1) is 34.0 Å². The Morgan fingerprint density at radius 2 is 1.70 bits per heavy atom. The van der Waals surface area contributed by atoms with Crippen molar-refractivity contribution in [2.75, 3.05) is 0 Å². The Labute approximate surface area is 194 Å². The Bertz CT molecular complexity index is 1360. The Hall–Kier alpha value is -4.77. The van der Waals surface area contributed by atoms with Crippen LogP contribution in [0.5, 0.6) is 0 Å². The molecule has 8 heteroatoms. The molecule has 160 valence electrons. The Morgan fingerprint density at radius 3 is 2.33 bits per heavy atom. The molecule has 0 aliphatic carbocycles. The summed E-state index contributed by atoms with van der Waals surface area (Å²) in [5.74, 6) is 0.303. The van der Waals surface area contributed by atoms with Gasteiger partial charge in [-0.2, -0.15) is 15.8 Å². The number of nitriles is 3. The highest BCUT2D eigenvalue weighted by molar-refractivity contribution is 6.31. The van der Waals surface area contributed by atoms with E-state index in [9.17, 15) is 10.1 Å². The van der Waals surface area contributed by atoms with Crippen LogP contribution in [0.2, 0.25) is 5.02 Å². The molecular formula is C25H15ClN4O3. The third-order valence-corrected chi connectivity index (χ3v) is 4.91. The average molecular weight is 455 g/mol. The van der Waals surface area contributed by atoms with E-state index in [0.717, 1.165) is 0 Å². The van der Waals surface area contributed by atoms with Gasteiger partial charge in [-0.05, 0) is 30.3 Å². The first-order valence-electron chi connectivity index (χ1n) is 9.49. The molecule has 2 N–H and O–H groups in total. The predicted molar refractivity (Wildman–Crippen MR) is 121 cm³/mol. The van der Waals surface area contributed by atoms with Crippen molar-refractivity contribution in [2.45, 2.75) is 6.61 Å². The second-order valence-corrected chi connectivity index (χ2v) is 7.04. The maximum Gasteiger partial charge on any atom is 0.338 e. The van der Waals surface area contributed by atoms with Gasteiger partial charge in [0.25, 0.3) is 0 Å². The summed E-state index contributed by atoms with van der Waals surface area (Å²) >= 11 is 6.07. The number of carbonyl (C=O) groups is 1. The quantitative estimate of drug-likeness (QED) is 0.309. The Balaban J connectivity index is 1.73. The van der Waals surface area contributed by atoms with Crippen molar-refractivity contribution in [3.8, 4) is 29.5 Å². The lowest BCUT2D eigenvalue weighted by molar-refractivity contribution is 0.0473. The summed E-state index contributed by atoms with van der Waals surface area (Å²) in [4.78, 5) is 12.3. The Morgan fingerprint density at radius 1 is 1.00 bits per heavy atom. The van der Waals surface area contributed by atoms with E-state index in [2.05, 4.69) is 0 Å². The minimum atomic E-state index is -0.490. The normalized spacial score (nSPS) is 10.4. The molecule has 0 aliphatic heterocycles. The van der Waals surface area contributed by atoms with Crippen molar-refractivity contribution in [1.82, 2.24) is 0 Å². The van der Waals surface area contributed by atoms with E-state index in [1.54, 1.807) is 66.7 Å². The number of ether oxygens (including phenoxy) is 1. The van der Waals surface area contributed by atoms with Crippen LogP contribution in [0.1, 0.15) is 21.7 Å². The molecule has 2 aromatic carbocycles. The van der Waals surface area contributed by atoms with E-state index in [1.165, 1.54) is 6.08 Å². The molecule has 0 aliphatic rings. The first-order valence-corrected chi connectivity index (χ1v) is 9.87. The lowest BCUT2D eigenvalue weighted by atomic mass is 10.1. The van der Waals surface area contributed by atoms with Gasteiger partial charge in [-0.25, -0.2) is 4.79 Å². The number of nitrogens with two attached hydrogens (primary N) is 1.